The molecular formula is C23H46O6. The van der Waals surface area contributed by atoms with Crippen molar-refractivity contribution in [2.24, 2.45) is 0 Å². The molecule has 0 aliphatic heterocycles. The maximum absolute atomic E-state index is 11.5. The molecule has 29 heavy (non-hydrogen) atoms. The Morgan fingerprint density at radius 2 is 1.14 bits per heavy atom. The van der Waals surface area contributed by atoms with Crippen molar-refractivity contribution in [2.45, 2.75) is 128 Å². The zero-order chi connectivity index (χ0) is 21.7. The van der Waals surface area contributed by atoms with Crippen LogP contribution in [0.4, 0.5) is 0 Å². The number of unbranched alkanes of at least 4 members (excludes halogenated alkanes) is 10. The fourth-order valence-corrected chi connectivity index (χ4v) is 3.37. The maximum atomic E-state index is 11.5. The Morgan fingerprint density at radius 3 is 1.66 bits per heavy atom. The largest absolute Gasteiger partial charge is 0.463 e. The summed E-state index contributed by atoms with van der Waals surface area (Å²) in [7, 11) is 0. The van der Waals surface area contributed by atoms with E-state index in [1.54, 1.807) is 0 Å². The van der Waals surface area contributed by atoms with Gasteiger partial charge in [-0.25, -0.2) is 0 Å². The molecule has 0 aromatic carbocycles. The topological polar surface area (TPSA) is 107 Å². The molecule has 0 spiro atoms. The minimum absolute atomic E-state index is 0.112. The first-order valence-electron chi connectivity index (χ1n) is 11.8. The molecule has 0 saturated carbocycles. The molecule has 0 radical (unpaired) electrons. The second-order valence-corrected chi connectivity index (χ2v) is 8.29. The van der Waals surface area contributed by atoms with Crippen LogP contribution in [0.25, 0.3) is 0 Å². The molecule has 0 saturated heterocycles. The summed E-state index contributed by atoms with van der Waals surface area (Å²) in [5.74, 6) is -0.578. The Labute approximate surface area is 177 Å². The normalized spacial score (nSPS) is 14.5. The monoisotopic (exact) mass is 418 g/mol. The smallest absolute Gasteiger partial charge is 0.308 e. The number of rotatable bonds is 21. The number of ether oxygens (including phenoxy) is 1. The van der Waals surface area contributed by atoms with Crippen molar-refractivity contribution in [1.29, 1.82) is 0 Å². The fourth-order valence-electron chi connectivity index (χ4n) is 3.37. The van der Waals surface area contributed by atoms with Crippen LogP contribution in [0.1, 0.15) is 110 Å². The zero-order valence-electron chi connectivity index (χ0n) is 18.6. The Morgan fingerprint density at radius 1 is 0.690 bits per heavy atom. The second-order valence-electron chi connectivity index (χ2n) is 8.29. The Bertz CT molecular complexity index is 363. The first-order valence-corrected chi connectivity index (χ1v) is 11.8. The molecule has 0 aliphatic carbocycles. The first-order chi connectivity index (χ1) is 14.0. The molecule has 174 valence electrons. The van der Waals surface area contributed by atoms with Crippen molar-refractivity contribution >= 4 is 5.97 Å². The summed E-state index contributed by atoms with van der Waals surface area (Å²) < 4.78 is 4.76. The van der Waals surface area contributed by atoms with Crippen molar-refractivity contribution in [3.8, 4) is 0 Å². The van der Waals surface area contributed by atoms with E-state index in [9.17, 15) is 15.0 Å². The molecule has 0 fully saturated rings. The Hall–Kier alpha value is -0.690. The second kappa shape index (κ2) is 20.6. The van der Waals surface area contributed by atoms with Crippen molar-refractivity contribution in [3.05, 3.63) is 0 Å². The molecule has 0 aromatic rings. The van der Waals surface area contributed by atoms with Crippen molar-refractivity contribution < 1.29 is 30.0 Å². The van der Waals surface area contributed by atoms with Gasteiger partial charge in [0.2, 0.25) is 0 Å². The van der Waals surface area contributed by atoms with Crippen molar-refractivity contribution in [3.63, 3.8) is 0 Å². The highest BCUT2D eigenvalue weighted by Gasteiger charge is 2.14. The number of carbonyl (C=O) groups is 1. The van der Waals surface area contributed by atoms with Gasteiger partial charge >= 0.3 is 5.97 Å². The third-order valence-corrected chi connectivity index (χ3v) is 5.27. The minimum atomic E-state index is -1.08. The van der Waals surface area contributed by atoms with Gasteiger partial charge in [0, 0.05) is 0 Å². The number of carbonyl (C=O) groups excluding carboxylic acids is 1. The zero-order valence-corrected chi connectivity index (χ0v) is 18.6. The predicted molar refractivity (Wildman–Crippen MR) is 116 cm³/mol. The van der Waals surface area contributed by atoms with Gasteiger partial charge in [0.25, 0.3) is 0 Å². The lowest BCUT2D eigenvalue weighted by molar-refractivity contribution is -0.149. The van der Waals surface area contributed by atoms with Gasteiger partial charge in [0.05, 0.1) is 25.2 Å². The van der Waals surface area contributed by atoms with E-state index in [-0.39, 0.29) is 19.1 Å². The summed E-state index contributed by atoms with van der Waals surface area (Å²) in [6, 6.07) is 0. The number of hydrogen-bond acceptors (Lipinski definition) is 6. The lowest BCUT2D eigenvalue weighted by atomic mass is 10.0. The average molecular weight is 419 g/mol. The number of esters is 1. The highest BCUT2D eigenvalue weighted by atomic mass is 16.5. The quantitative estimate of drug-likeness (QED) is 0.166. The Balaban J connectivity index is 3.44. The summed E-state index contributed by atoms with van der Waals surface area (Å²) in [5, 5.41) is 37.6. The highest BCUT2D eigenvalue weighted by molar-refractivity contribution is 5.69. The standard InChI is InChI=1S/C23H46O6/c1-2-3-4-5-6-7-8-9-10-11-14-20(25)15-12-13-16-21(26)17-23(28)29-19-22(27)18-24/h20-22,24-27H,2-19H2,1H3. The number of hydrogen-bond donors (Lipinski definition) is 4. The van der Waals surface area contributed by atoms with Crippen molar-refractivity contribution in [2.75, 3.05) is 13.2 Å². The van der Waals surface area contributed by atoms with E-state index in [0.29, 0.717) is 6.42 Å². The average Bonchev–Trinajstić information content (AvgIpc) is 2.70. The minimum Gasteiger partial charge on any atom is -0.463 e. The van der Waals surface area contributed by atoms with E-state index in [2.05, 4.69) is 6.92 Å². The summed E-state index contributed by atoms with van der Waals surface area (Å²) in [4.78, 5) is 11.5. The summed E-state index contributed by atoms with van der Waals surface area (Å²) >= 11 is 0. The molecular weight excluding hydrogens is 372 g/mol. The third-order valence-electron chi connectivity index (χ3n) is 5.27. The molecule has 4 N–H and O–H groups in total. The number of aliphatic hydroxyl groups is 4. The van der Waals surface area contributed by atoms with E-state index >= 15 is 0 Å². The molecule has 0 rings (SSSR count). The summed E-state index contributed by atoms with van der Waals surface area (Å²) in [6.45, 7) is 1.52. The van der Waals surface area contributed by atoms with Gasteiger partial charge in [0.15, 0.2) is 0 Å². The lowest BCUT2D eigenvalue weighted by Crippen LogP contribution is -2.24. The summed E-state index contributed by atoms with van der Waals surface area (Å²) in [6.07, 6.45) is 14.4. The van der Waals surface area contributed by atoms with Crippen LogP contribution in [0.2, 0.25) is 0 Å². The Kier molecular flexibility index (Phi) is 20.1. The molecule has 3 atom stereocenters. The van der Waals surface area contributed by atoms with Crippen LogP contribution in [0.15, 0.2) is 0 Å². The van der Waals surface area contributed by atoms with Crippen LogP contribution >= 0.6 is 0 Å². The van der Waals surface area contributed by atoms with Crippen LogP contribution in [0.3, 0.4) is 0 Å². The molecule has 0 amide bonds. The van der Waals surface area contributed by atoms with E-state index in [1.165, 1.54) is 57.8 Å². The van der Waals surface area contributed by atoms with E-state index in [1.807, 2.05) is 0 Å². The van der Waals surface area contributed by atoms with E-state index < -0.39 is 24.8 Å². The number of aliphatic hydroxyl groups excluding tert-OH is 4. The SMILES string of the molecule is CCCCCCCCCCCCC(O)CCCCC(O)CC(=O)OCC(O)CO. The van der Waals surface area contributed by atoms with Crippen LogP contribution in [0.5, 0.6) is 0 Å². The van der Waals surface area contributed by atoms with E-state index in [4.69, 9.17) is 14.9 Å². The van der Waals surface area contributed by atoms with Crippen molar-refractivity contribution in [1.82, 2.24) is 0 Å². The first kappa shape index (κ1) is 28.3. The predicted octanol–water partition coefficient (Wildman–Crippen LogP) is 3.87. The van der Waals surface area contributed by atoms with Crippen LogP contribution in [-0.2, 0) is 9.53 Å². The van der Waals surface area contributed by atoms with Gasteiger partial charge in [-0.05, 0) is 19.3 Å². The lowest BCUT2D eigenvalue weighted by Gasteiger charge is -2.13. The van der Waals surface area contributed by atoms with Gasteiger partial charge in [-0.3, -0.25) is 4.79 Å². The summed E-state index contributed by atoms with van der Waals surface area (Å²) in [5.41, 5.74) is 0. The third kappa shape index (κ3) is 20.4. The van der Waals surface area contributed by atoms with Gasteiger partial charge in [-0.2, -0.15) is 0 Å². The van der Waals surface area contributed by atoms with E-state index in [0.717, 1.165) is 32.1 Å². The molecule has 0 aromatic heterocycles. The van der Waals surface area contributed by atoms with Gasteiger partial charge in [-0.15, -0.1) is 0 Å². The van der Waals surface area contributed by atoms with Crippen LogP contribution in [-0.4, -0.2) is 57.9 Å². The molecule has 6 heteroatoms. The molecule has 0 aliphatic rings. The van der Waals surface area contributed by atoms with Gasteiger partial charge in [0.1, 0.15) is 12.7 Å². The fraction of sp³-hybridized carbons (Fsp3) is 0.957. The van der Waals surface area contributed by atoms with Crippen LogP contribution < -0.4 is 0 Å². The van der Waals surface area contributed by atoms with Gasteiger partial charge < -0.3 is 25.2 Å². The van der Waals surface area contributed by atoms with Crippen LogP contribution in [0, 0.1) is 0 Å². The maximum Gasteiger partial charge on any atom is 0.308 e. The molecule has 0 heterocycles. The molecule has 6 nitrogen and oxygen atoms in total. The molecule has 3 unspecified atom stereocenters. The van der Waals surface area contributed by atoms with Gasteiger partial charge in [-0.1, -0.05) is 84.0 Å². The molecule has 0 bridgehead atoms. The highest BCUT2D eigenvalue weighted by Crippen LogP contribution is 2.15.